The van der Waals surface area contributed by atoms with Gasteiger partial charge in [0.2, 0.25) is 11.8 Å². The second-order valence-corrected chi connectivity index (χ2v) is 5.70. The van der Waals surface area contributed by atoms with Crippen LogP contribution in [0.5, 0.6) is 0 Å². The molecule has 23 heavy (non-hydrogen) atoms. The normalized spacial score (nSPS) is 17.3. The third-order valence-electron chi connectivity index (χ3n) is 4.01. The molecule has 1 aliphatic heterocycles. The number of nitrogens with one attached hydrogen (secondary N) is 1. The molecule has 1 atom stereocenters. The molecule has 1 aromatic carbocycles. The van der Waals surface area contributed by atoms with E-state index in [4.69, 9.17) is 4.74 Å². The van der Waals surface area contributed by atoms with Crippen LogP contribution in [-0.2, 0) is 19.1 Å². The quantitative estimate of drug-likeness (QED) is 0.831. The molecule has 0 saturated carbocycles. The monoisotopic (exact) mass is 318 g/mol. The maximum atomic E-state index is 12.2. The topological polar surface area (TPSA) is 75.7 Å². The maximum absolute atomic E-state index is 12.2. The van der Waals surface area contributed by atoms with Crippen LogP contribution in [0.4, 0.5) is 5.69 Å². The molecular weight excluding hydrogens is 296 g/mol. The molecular formula is C17H22N2O4. The highest BCUT2D eigenvalue weighted by Crippen LogP contribution is 2.26. The molecule has 124 valence electrons. The van der Waals surface area contributed by atoms with Crippen LogP contribution >= 0.6 is 0 Å². The average molecular weight is 318 g/mol. The Morgan fingerprint density at radius 1 is 1.30 bits per heavy atom. The lowest BCUT2D eigenvalue weighted by Gasteiger charge is -2.18. The van der Waals surface area contributed by atoms with E-state index in [0.29, 0.717) is 6.54 Å². The number of anilines is 1. The number of carbonyl (C=O) groups is 3. The van der Waals surface area contributed by atoms with Crippen LogP contribution in [0.3, 0.4) is 0 Å². The van der Waals surface area contributed by atoms with E-state index in [-0.39, 0.29) is 31.4 Å². The van der Waals surface area contributed by atoms with Crippen LogP contribution in [0.15, 0.2) is 18.2 Å². The van der Waals surface area contributed by atoms with Crippen molar-refractivity contribution >= 4 is 23.5 Å². The Labute approximate surface area is 135 Å². The van der Waals surface area contributed by atoms with Gasteiger partial charge < -0.3 is 15.0 Å². The minimum absolute atomic E-state index is 0.0791. The molecule has 1 aliphatic rings. The second kappa shape index (κ2) is 7.26. The molecule has 0 aromatic heterocycles. The van der Waals surface area contributed by atoms with Crippen molar-refractivity contribution in [3.63, 3.8) is 0 Å². The molecule has 1 saturated heterocycles. The maximum Gasteiger partial charge on any atom is 0.325 e. The summed E-state index contributed by atoms with van der Waals surface area (Å²) in [5.74, 6) is -1.29. The Balaban J connectivity index is 1.97. The van der Waals surface area contributed by atoms with Crippen molar-refractivity contribution in [2.24, 2.45) is 5.92 Å². The number of hydrogen-bond acceptors (Lipinski definition) is 4. The van der Waals surface area contributed by atoms with Crippen molar-refractivity contribution < 1.29 is 19.1 Å². The highest BCUT2D eigenvalue weighted by atomic mass is 16.5. The number of ether oxygens (including phenoxy) is 1. The first-order valence-electron chi connectivity index (χ1n) is 7.73. The van der Waals surface area contributed by atoms with Gasteiger partial charge in [0, 0.05) is 18.7 Å². The number of aryl methyl sites for hydroxylation is 2. The summed E-state index contributed by atoms with van der Waals surface area (Å²) >= 11 is 0. The molecule has 1 N–H and O–H groups in total. The predicted molar refractivity (Wildman–Crippen MR) is 86.0 cm³/mol. The third kappa shape index (κ3) is 4.09. The largest absolute Gasteiger partial charge is 0.465 e. The summed E-state index contributed by atoms with van der Waals surface area (Å²) in [6.45, 7) is 6.14. The number of benzene rings is 1. The third-order valence-corrected chi connectivity index (χ3v) is 4.01. The van der Waals surface area contributed by atoms with Crippen molar-refractivity contribution in [3.05, 3.63) is 29.3 Å². The lowest BCUT2D eigenvalue weighted by molar-refractivity contribution is -0.143. The molecule has 0 spiro atoms. The molecule has 1 heterocycles. The number of carbonyl (C=O) groups excluding carboxylic acids is 3. The summed E-state index contributed by atoms with van der Waals surface area (Å²) in [6.07, 6.45) is 0.154. The zero-order valence-electron chi connectivity index (χ0n) is 13.7. The summed E-state index contributed by atoms with van der Waals surface area (Å²) in [6, 6.07) is 5.80. The predicted octanol–water partition coefficient (Wildman–Crippen LogP) is 1.34. The first-order chi connectivity index (χ1) is 10.9. The SMILES string of the molecule is CCOC(=O)CNC(=O)C1CC(=O)N(c2ccc(C)c(C)c2)C1. The van der Waals surface area contributed by atoms with E-state index in [1.165, 1.54) is 0 Å². The Morgan fingerprint density at radius 3 is 2.70 bits per heavy atom. The minimum atomic E-state index is -0.476. The zero-order chi connectivity index (χ0) is 17.0. The van der Waals surface area contributed by atoms with Crippen molar-refractivity contribution in [1.82, 2.24) is 5.32 Å². The smallest absolute Gasteiger partial charge is 0.325 e. The molecule has 6 heteroatoms. The fourth-order valence-electron chi connectivity index (χ4n) is 2.54. The number of nitrogens with zero attached hydrogens (tertiary/aromatic N) is 1. The van der Waals surface area contributed by atoms with Crippen molar-refractivity contribution in [3.8, 4) is 0 Å². The van der Waals surface area contributed by atoms with E-state index >= 15 is 0 Å². The van der Waals surface area contributed by atoms with Crippen LogP contribution in [0.2, 0.25) is 0 Å². The Bertz CT molecular complexity index is 627. The second-order valence-electron chi connectivity index (χ2n) is 5.70. The van der Waals surface area contributed by atoms with E-state index in [1.54, 1.807) is 11.8 Å². The summed E-state index contributed by atoms with van der Waals surface area (Å²) in [7, 11) is 0. The lowest BCUT2D eigenvalue weighted by Crippen LogP contribution is -2.36. The van der Waals surface area contributed by atoms with Crippen LogP contribution < -0.4 is 10.2 Å². The van der Waals surface area contributed by atoms with Gasteiger partial charge in [-0.2, -0.15) is 0 Å². The summed E-state index contributed by atoms with van der Waals surface area (Å²) < 4.78 is 4.76. The number of esters is 1. The van der Waals surface area contributed by atoms with Gasteiger partial charge in [0.25, 0.3) is 0 Å². The van der Waals surface area contributed by atoms with E-state index in [1.807, 2.05) is 32.0 Å². The minimum Gasteiger partial charge on any atom is -0.465 e. The first-order valence-corrected chi connectivity index (χ1v) is 7.73. The van der Waals surface area contributed by atoms with Crippen molar-refractivity contribution in [1.29, 1.82) is 0 Å². The summed E-state index contributed by atoms with van der Waals surface area (Å²) in [4.78, 5) is 37.2. The number of amides is 2. The van der Waals surface area contributed by atoms with Gasteiger partial charge in [0.1, 0.15) is 6.54 Å². The van der Waals surface area contributed by atoms with Gasteiger partial charge in [0.05, 0.1) is 12.5 Å². The zero-order valence-corrected chi connectivity index (χ0v) is 13.7. The molecule has 0 aliphatic carbocycles. The van der Waals surface area contributed by atoms with Gasteiger partial charge in [-0.15, -0.1) is 0 Å². The van der Waals surface area contributed by atoms with Crippen LogP contribution in [0.25, 0.3) is 0 Å². The average Bonchev–Trinajstić information content (AvgIpc) is 2.90. The molecule has 2 amide bonds. The van der Waals surface area contributed by atoms with Gasteiger partial charge in [0.15, 0.2) is 0 Å². The molecule has 0 radical (unpaired) electrons. The summed E-state index contributed by atoms with van der Waals surface area (Å²) in [5.41, 5.74) is 3.06. The molecule has 0 bridgehead atoms. The molecule has 1 aromatic rings. The van der Waals surface area contributed by atoms with Gasteiger partial charge in [-0.05, 0) is 44.0 Å². The van der Waals surface area contributed by atoms with Gasteiger partial charge >= 0.3 is 5.97 Å². The molecule has 2 rings (SSSR count). The lowest BCUT2D eigenvalue weighted by atomic mass is 10.1. The van der Waals surface area contributed by atoms with Crippen molar-refractivity contribution in [2.45, 2.75) is 27.2 Å². The number of rotatable bonds is 5. The van der Waals surface area contributed by atoms with Crippen LogP contribution in [0, 0.1) is 19.8 Å². The number of hydrogen-bond donors (Lipinski definition) is 1. The standard InChI is InChI=1S/C17H22N2O4/c1-4-23-16(21)9-18-17(22)13-8-15(20)19(10-13)14-6-5-11(2)12(3)7-14/h5-7,13H,4,8-10H2,1-3H3,(H,18,22). The van der Waals surface area contributed by atoms with Crippen LogP contribution in [0.1, 0.15) is 24.5 Å². The van der Waals surface area contributed by atoms with E-state index < -0.39 is 11.9 Å². The van der Waals surface area contributed by atoms with Gasteiger partial charge in [-0.3, -0.25) is 14.4 Å². The molecule has 6 nitrogen and oxygen atoms in total. The highest BCUT2D eigenvalue weighted by molar-refractivity contribution is 6.00. The Kier molecular flexibility index (Phi) is 5.36. The van der Waals surface area contributed by atoms with E-state index in [2.05, 4.69) is 5.32 Å². The van der Waals surface area contributed by atoms with E-state index in [9.17, 15) is 14.4 Å². The Hall–Kier alpha value is -2.37. The van der Waals surface area contributed by atoms with Crippen molar-refractivity contribution in [2.75, 3.05) is 24.6 Å². The van der Waals surface area contributed by atoms with Gasteiger partial charge in [-0.25, -0.2) is 0 Å². The Morgan fingerprint density at radius 2 is 2.04 bits per heavy atom. The fraction of sp³-hybridized carbons (Fsp3) is 0.471. The van der Waals surface area contributed by atoms with Crippen LogP contribution in [-0.4, -0.2) is 37.5 Å². The molecule has 1 fully saturated rings. The first kappa shape index (κ1) is 17.0. The molecule has 1 unspecified atom stereocenters. The highest BCUT2D eigenvalue weighted by Gasteiger charge is 2.35. The fourth-order valence-corrected chi connectivity index (χ4v) is 2.54. The van der Waals surface area contributed by atoms with E-state index in [0.717, 1.165) is 16.8 Å². The summed E-state index contributed by atoms with van der Waals surface area (Å²) in [5, 5.41) is 2.53. The van der Waals surface area contributed by atoms with Gasteiger partial charge in [-0.1, -0.05) is 6.07 Å².